The molecule has 0 aliphatic carbocycles. The highest BCUT2D eigenvalue weighted by atomic mass is 79.9. The molecule has 0 spiro atoms. The smallest absolute Gasteiger partial charge is 0.179 e. The van der Waals surface area contributed by atoms with Crippen molar-refractivity contribution in [3.05, 3.63) is 52.1 Å². The highest BCUT2D eigenvalue weighted by Gasteiger charge is 2.13. The van der Waals surface area contributed by atoms with E-state index >= 15 is 0 Å². The van der Waals surface area contributed by atoms with E-state index in [-0.39, 0.29) is 4.90 Å². The molecule has 1 heterocycles. The van der Waals surface area contributed by atoms with Gasteiger partial charge in [0, 0.05) is 23.5 Å². The first-order chi connectivity index (χ1) is 9.38. The summed E-state index contributed by atoms with van der Waals surface area (Å²) in [6.45, 7) is 2.54. The summed E-state index contributed by atoms with van der Waals surface area (Å²) in [7, 11) is -3.29. The molecule has 0 fully saturated rings. The minimum atomic E-state index is -3.29. The molecule has 2 aromatic rings. The Morgan fingerprint density at radius 3 is 2.70 bits per heavy atom. The lowest BCUT2D eigenvalue weighted by molar-refractivity contribution is 0.601. The number of hydrogen-bond donors (Lipinski definition) is 1. The quantitative estimate of drug-likeness (QED) is 0.915. The van der Waals surface area contributed by atoms with Gasteiger partial charge in [0.2, 0.25) is 0 Å². The normalized spacial score (nSPS) is 11.3. The van der Waals surface area contributed by atoms with Crippen molar-refractivity contribution in [3.63, 3.8) is 0 Å². The molecule has 20 heavy (non-hydrogen) atoms. The largest absolute Gasteiger partial charge is 0.365 e. The maximum Gasteiger partial charge on any atom is 0.179 e. The Kier molecular flexibility index (Phi) is 4.45. The molecule has 1 aromatic heterocycles. The van der Waals surface area contributed by atoms with Crippen LogP contribution in [0.3, 0.4) is 0 Å². The Labute approximate surface area is 127 Å². The molecule has 0 aliphatic rings. The zero-order valence-electron chi connectivity index (χ0n) is 11.2. The Morgan fingerprint density at radius 1 is 1.30 bits per heavy atom. The molecular weight excluding hydrogens is 340 g/mol. The lowest BCUT2D eigenvalue weighted by Gasteiger charge is -2.11. The standard InChI is InChI=1S/C14H15BrN2O2S/c1-10-8-12(15)6-5-11(10)9-17-14-13(20(2,18)19)4-3-7-16-14/h3-8H,9H2,1-2H3,(H,16,17). The predicted octanol–water partition coefficient (Wildman–Crippen LogP) is 3.17. The van der Waals surface area contributed by atoms with Crippen molar-refractivity contribution in [1.29, 1.82) is 0 Å². The van der Waals surface area contributed by atoms with Gasteiger partial charge in [-0.2, -0.15) is 0 Å². The lowest BCUT2D eigenvalue weighted by Crippen LogP contribution is -2.08. The number of sulfone groups is 1. The maximum absolute atomic E-state index is 11.7. The van der Waals surface area contributed by atoms with Gasteiger partial charge in [0.15, 0.2) is 9.84 Å². The highest BCUT2D eigenvalue weighted by Crippen LogP contribution is 2.20. The number of pyridine rings is 1. The van der Waals surface area contributed by atoms with E-state index in [1.54, 1.807) is 18.3 Å². The van der Waals surface area contributed by atoms with E-state index < -0.39 is 9.84 Å². The van der Waals surface area contributed by atoms with Crippen LogP contribution < -0.4 is 5.32 Å². The number of aryl methyl sites for hydroxylation is 1. The van der Waals surface area contributed by atoms with Gasteiger partial charge in [0.25, 0.3) is 0 Å². The number of aromatic nitrogens is 1. The summed E-state index contributed by atoms with van der Waals surface area (Å²) in [4.78, 5) is 4.33. The van der Waals surface area contributed by atoms with Crippen LogP contribution in [-0.2, 0) is 16.4 Å². The number of anilines is 1. The topological polar surface area (TPSA) is 59.1 Å². The van der Waals surface area contributed by atoms with Crippen molar-refractivity contribution < 1.29 is 8.42 Å². The van der Waals surface area contributed by atoms with Gasteiger partial charge in [-0.1, -0.05) is 22.0 Å². The molecule has 0 atom stereocenters. The molecule has 4 nitrogen and oxygen atoms in total. The average molecular weight is 355 g/mol. The Bertz CT molecular complexity index is 730. The first kappa shape index (κ1) is 15.0. The molecule has 0 bridgehead atoms. The number of benzene rings is 1. The van der Waals surface area contributed by atoms with Crippen LogP contribution in [0.1, 0.15) is 11.1 Å². The molecular formula is C14H15BrN2O2S. The number of nitrogens with one attached hydrogen (secondary N) is 1. The lowest BCUT2D eigenvalue weighted by atomic mass is 10.1. The minimum absolute atomic E-state index is 0.217. The summed E-state index contributed by atoms with van der Waals surface area (Å²) in [5.74, 6) is 0.386. The van der Waals surface area contributed by atoms with Gasteiger partial charge < -0.3 is 5.32 Å². The fourth-order valence-corrected chi connectivity index (χ4v) is 3.14. The molecule has 0 radical (unpaired) electrons. The summed E-state index contributed by atoms with van der Waals surface area (Å²) < 4.78 is 24.4. The second-order valence-corrected chi connectivity index (χ2v) is 7.45. The van der Waals surface area contributed by atoms with Gasteiger partial charge in [-0.05, 0) is 42.3 Å². The second-order valence-electron chi connectivity index (χ2n) is 4.55. The first-order valence-corrected chi connectivity index (χ1v) is 8.70. The summed E-state index contributed by atoms with van der Waals surface area (Å²) in [6, 6.07) is 9.15. The van der Waals surface area contributed by atoms with Crippen molar-refractivity contribution in [3.8, 4) is 0 Å². The molecule has 2 rings (SSSR count). The molecule has 1 N–H and O–H groups in total. The number of hydrogen-bond acceptors (Lipinski definition) is 4. The minimum Gasteiger partial charge on any atom is -0.365 e. The highest BCUT2D eigenvalue weighted by molar-refractivity contribution is 9.10. The van der Waals surface area contributed by atoms with Crippen molar-refractivity contribution in [1.82, 2.24) is 4.98 Å². The van der Waals surface area contributed by atoms with Crippen LogP contribution in [-0.4, -0.2) is 19.7 Å². The second kappa shape index (κ2) is 5.93. The summed E-state index contributed by atoms with van der Waals surface area (Å²) in [5, 5.41) is 3.09. The van der Waals surface area contributed by atoms with Gasteiger partial charge in [-0.3, -0.25) is 0 Å². The molecule has 0 unspecified atom stereocenters. The Balaban J connectivity index is 2.24. The molecule has 106 valence electrons. The third-order valence-electron chi connectivity index (χ3n) is 2.92. The van der Waals surface area contributed by atoms with Crippen LogP contribution in [0.25, 0.3) is 0 Å². The van der Waals surface area contributed by atoms with Crippen molar-refractivity contribution in [2.75, 3.05) is 11.6 Å². The fraction of sp³-hybridized carbons (Fsp3) is 0.214. The number of halogens is 1. The molecule has 1 aromatic carbocycles. The van der Waals surface area contributed by atoms with Gasteiger partial charge in [-0.15, -0.1) is 0 Å². The van der Waals surface area contributed by atoms with Crippen molar-refractivity contribution in [2.24, 2.45) is 0 Å². The summed E-state index contributed by atoms with van der Waals surface area (Å²) in [6.07, 6.45) is 2.76. The van der Waals surface area contributed by atoms with E-state index in [2.05, 4.69) is 26.2 Å². The molecule has 0 saturated carbocycles. The van der Waals surface area contributed by atoms with Crippen LogP contribution in [0.15, 0.2) is 45.9 Å². The Hall–Kier alpha value is -1.40. The van der Waals surface area contributed by atoms with E-state index in [1.807, 2.05) is 25.1 Å². The van der Waals surface area contributed by atoms with E-state index in [0.29, 0.717) is 12.4 Å². The molecule has 6 heteroatoms. The third-order valence-corrected chi connectivity index (χ3v) is 4.54. The molecule has 0 saturated heterocycles. The van der Waals surface area contributed by atoms with Crippen LogP contribution in [0.5, 0.6) is 0 Å². The van der Waals surface area contributed by atoms with Gasteiger partial charge in [-0.25, -0.2) is 13.4 Å². The summed E-state index contributed by atoms with van der Waals surface area (Å²) >= 11 is 3.42. The zero-order valence-corrected chi connectivity index (χ0v) is 13.6. The third kappa shape index (κ3) is 3.58. The van der Waals surface area contributed by atoms with Gasteiger partial charge >= 0.3 is 0 Å². The fourth-order valence-electron chi connectivity index (χ4n) is 1.86. The summed E-state index contributed by atoms with van der Waals surface area (Å²) in [5.41, 5.74) is 2.22. The number of rotatable bonds is 4. The number of nitrogens with zero attached hydrogens (tertiary/aromatic N) is 1. The van der Waals surface area contributed by atoms with Crippen LogP contribution in [0, 0.1) is 6.92 Å². The van der Waals surface area contributed by atoms with Crippen LogP contribution in [0.2, 0.25) is 0 Å². The van der Waals surface area contributed by atoms with Crippen LogP contribution in [0.4, 0.5) is 5.82 Å². The first-order valence-electron chi connectivity index (χ1n) is 6.02. The maximum atomic E-state index is 11.7. The Morgan fingerprint density at radius 2 is 2.05 bits per heavy atom. The molecule has 0 aliphatic heterocycles. The van der Waals surface area contributed by atoms with E-state index in [4.69, 9.17) is 0 Å². The van der Waals surface area contributed by atoms with E-state index in [1.165, 1.54) is 6.26 Å². The molecule has 0 amide bonds. The van der Waals surface area contributed by atoms with E-state index in [9.17, 15) is 8.42 Å². The van der Waals surface area contributed by atoms with Crippen molar-refractivity contribution >= 4 is 31.6 Å². The average Bonchev–Trinajstić information content (AvgIpc) is 2.37. The van der Waals surface area contributed by atoms with Crippen LogP contribution >= 0.6 is 15.9 Å². The van der Waals surface area contributed by atoms with Crippen molar-refractivity contribution in [2.45, 2.75) is 18.4 Å². The monoisotopic (exact) mass is 354 g/mol. The van der Waals surface area contributed by atoms with Gasteiger partial charge in [0.05, 0.1) is 0 Å². The SMILES string of the molecule is Cc1cc(Br)ccc1CNc1ncccc1S(C)(=O)=O. The zero-order chi connectivity index (χ0) is 14.8. The van der Waals surface area contributed by atoms with Gasteiger partial charge in [0.1, 0.15) is 10.7 Å². The predicted molar refractivity (Wildman–Crippen MR) is 83.6 cm³/mol. The van der Waals surface area contributed by atoms with E-state index in [0.717, 1.165) is 15.6 Å².